The minimum atomic E-state index is -0.693. The number of aromatic nitrogens is 1. The van der Waals surface area contributed by atoms with Gasteiger partial charge in [-0.15, -0.1) is 0 Å². The van der Waals surface area contributed by atoms with Crippen molar-refractivity contribution in [2.24, 2.45) is 17.3 Å². The van der Waals surface area contributed by atoms with Gasteiger partial charge in [0.05, 0.1) is 37.7 Å². The molecule has 1 aliphatic heterocycles. The first-order valence-corrected chi connectivity index (χ1v) is 14.2. The molecule has 2 aliphatic rings. The zero-order valence-electron chi connectivity index (χ0n) is 24.4. The standard InChI is InChI=1S/C33H31F2N3O6/c1-33(2)29(31(39)37-19-6-4-18(34)5-7-19)30(33)32(40)38-20-8-9-26(23(35)14-20)44-25-10-12-36-24-16-28(27(41-3)15-22(24)25)43-21-11-13-42-17-21/h4-10,12,14-16,21,29-30H,11,13,17H2,1-3H3,(H,37,39)(H,38,40)/t21-,29+,30-/m1/s1. The van der Waals surface area contributed by atoms with E-state index in [1.54, 1.807) is 24.4 Å². The van der Waals surface area contributed by atoms with Gasteiger partial charge in [-0.2, -0.15) is 0 Å². The lowest BCUT2D eigenvalue weighted by Gasteiger charge is -2.17. The fraction of sp³-hybridized carbons (Fsp3) is 0.303. The number of nitrogens with zero attached hydrogens (tertiary/aromatic N) is 1. The maximum Gasteiger partial charge on any atom is 0.228 e. The number of methoxy groups -OCH3 is 1. The molecule has 1 saturated heterocycles. The molecule has 1 saturated carbocycles. The summed E-state index contributed by atoms with van der Waals surface area (Å²) in [5, 5.41) is 6.04. The monoisotopic (exact) mass is 603 g/mol. The molecule has 44 heavy (non-hydrogen) atoms. The summed E-state index contributed by atoms with van der Waals surface area (Å²) in [4.78, 5) is 30.4. The van der Waals surface area contributed by atoms with Gasteiger partial charge in [-0.1, -0.05) is 13.8 Å². The van der Waals surface area contributed by atoms with Crippen molar-refractivity contribution in [1.29, 1.82) is 0 Å². The highest BCUT2D eigenvalue weighted by Gasteiger charge is 2.65. The van der Waals surface area contributed by atoms with E-state index in [2.05, 4.69) is 15.6 Å². The average molecular weight is 604 g/mol. The second kappa shape index (κ2) is 11.7. The maximum atomic E-state index is 15.2. The SMILES string of the molecule is COc1cc2c(Oc3ccc(NC(=O)[C@H]4[C@@H](C(=O)Nc5ccc(F)cc5)C4(C)C)cc3F)ccnc2cc1O[C@@H]1CCOC1. The lowest BCUT2D eigenvalue weighted by molar-refractivity contribution is -0.122. The van der Waals surface area contributed by atoms with Crippen molar-refractivity contribution in [3.05, 3.63) is 78.5 Å². The Morgan fingerprint density at radius 1 is 0.886 bits per heavy atom. The van der Waals surface area contributed by atoms with Gasteiger partial charge in [0, 0.05) is 41.5 Å². The van der Waals surface area contributed by atoms with Crippen LogP contribution >= 0.6 is 0 Å². The highest BCUT2D eigenvalue weighted by molar-refractivity contribution is 6.04. The van der Waals surface area contributed by atoms with Crippen LogP contribution in [0.4, 0.5) is 20.2 Å². The average Bonchev–Trinajstić information content (AvgIpc) is 3.28. The first-order valence-electron chi connectivity index (χ1n) is 14.2. The molecule has 0 bridgehead atoms. The van der Waals surface area contributed by atoms with E-state index in [4.69, 9.17) is 18.9 Å². The molecule has 2 heterocycles. The number of nitrogens with one attached hydrogen (secondary N) is 2. The van der Waals surface area contributed by atoms with E-state index in [1.165, 1.54) is 43.5 Å². The number of fused-ring (bicyclic) bond motifs is 1. The first kappa shape index (κ1) is 29.3. The van der Waals surface area contributed by atoms with Crippen molar-refractivity contribution >= 4 is 34.1 Å². The third kappa shape index (κ3) is 5.87. The van der Waals surface area contributed by atoms with Crippen molar-refractivity contribution in [3.8, 4) is 23.0 Å². The van der Waals surface area contributed by atoms with Crippen LogP contribution in [-0.2, 0) is 14.3 Å². The molecule has 2 N–H and O–H groups in total. The number of hydrogen-bond donors (Lipinski definition) is 2. The Hall–Kier alpha value is -4.77. The van der Waals surface area contributed by atoms with Crippen molar-refractivity contribution in [2.75, 3.05) is 31.0 Å². The molecule has 9 nitrogen and oxygen atoms in total. The molecule has 228 valence electrons. The Kier molecular flexibility index (Phi) is 7.81. The van der Waals surface area contributed by atoms with E-state index in [0.717, 1.165) is 12.5 Å². The lowest BCUT2D eigenvalue weighted by atomic mass is 10.1. The Morgan fingerprint density at radius 2 is 1.59 bits per heavy atom. The molecule has 4 aromatic rings. The Labute approximate surface area is 252 Å². The van der Waals surface area contributed by atoms with Crippen molar-refractivity contribution in [2.45, 2.75) is 26.4 Å². The van der Waals surface area contributed by atoms with Crippen molar-refractivity contribution in [3.63, 3.8) is 0 Å². The van der Waals surface area contributed by atoms with Gasteiger partial charge in [0.2, 0.25) is 11.8 Å². The van der Waals surface area contributed by atoms with Crippen LogP contribution < -0.4 is 24.8 Å². The molecule has 0 radical (unpaired) electrons. The van der Waals surface area contributed by atoms with Crippen LogP contribution in [0, 0.1) is 28.9 Å². The second-order valence-electron chi connectivity index (χ2n) is 11.4. The van der Waals surface area contributed by atoms with Gasteiger partial charge in [0.15, 0.2) is 23.1 Å². The Morgan fingerprint density at radius 3 is 2.25 bits per heavy atom. The molecule has 0 unspecified atom stereocenters. The predicted molar refractivity (Wildman–Crippen MR) is 159 cm³/mol. The summed E-state index contributed by atoms with van der Waals surface area (Å²) < 4.78 is 51.4. The largest absolute Gasteiger partial charge is 0.493 e. The smallest absolute Gasteiger partial charge is 0.228 e. The van der Waals surface area contributed by atoms with Crippen LogP contribution in [-0.4, -0.2) is 43.2 Å². The minimum Gasteiger partial charge on any atom is -0.493 e. The number of rotatable bonds is 9. The fourth-order valence-electron chi connectivity index (χ4n) is 5.62. The molecule has 3 aromatic carbocycles. The zero-order chi connectivity index (χ0) is 31.0. The van der Waals surface area contributed by atoms with Gasteiger partial charge in [-0.3, -0.25) is 14.6 Å². The molecule has 6 rings (SSSR count). The summed E-state index contributed by atoms with van der Waals surface area (Å²) in [5.41, 5.74) is 0.615. The molecule has 11 heteroatoms. The van der Waals surface area contributed by atoms with Gasteiger partial charge in [-0.05, 0) is 53.9 Å². The summed E-state index contributed by atoms with van der Waals surface area (Å²) in [6, 6.07) is 14.6. The molecular formula is C33H31F2N3O6. The summed E-state index contributed by atoms with van der Waals surface area (Å²) in [6.07, 6.45) is 2.25. The van der Waals surface area contributed by atoms with Crippen LogP contribution in [0.25, 0.3) is 10.9 Å². The summed E-state index contributed by atoms with van der Waals surface area (Å²) in [6.45, 7) is 4.77. The Balaban J connectivity index is 1.14. The molecule has 3 atom stereocenters. The van der Waals surface area contributed by atoms with E-state index in [1.807, 2.05) is 13.8 Å². The molecular weight excluding hydrogens is 572 g/mol. The fourth-order valence-corrected chi connectivity index (χ4v) is 5.62. The Bertz CT molecular complexity index is 1720. The highest BCUT2D eigenvalue weighted by Crippen LogP contribution is 2.59. The number of anilines is 2. The van der Waals surface area contributed by atoms with E-state index in [0.29, 0.717) is 47.1 Å². The van der Waals surface area contributed by atoms with Crippen molar-refractivity contribution in [1.82, 2.24) is 4.98 Å². The molecule has 2 amide bonds. The lowest BCUT2D eigenvalue weighted by Crippen LogP contribution is -2.20. The highest BCUT2D eigenvalue weighted by atomic mass is 19.1. The first-order chi connectivity index (χ1) is 21.1. The number of benzene rings is 3. The third-order valence-electron chi connectivity index (χ3n) is 8.09. The predicted octanol–water partition coefficient (Wildman–Crippen LogP) is 6.33. The van der Waals surface area contributed by atoms with Crippen LogP contribution in [0.3, 0.4) is 0 Å². The summed E-state index contributed by atoms with van der Waals surface area (Å²) >= 11 is 0. The number of carbonyl (C=O) groups is 2. The number of amides is 2. The van der Waals surface area contributed by atoms with Crippen LogP contribution in [0.5, 0.6) is 23.0 Å². The number of hydrogen-bond acceptors (Lipinski definition) is 7. The van der Waals surface area contributed by atoms with E-state index in [-0.39, 0.29) is 23.4 Å². The number of ether oxygens (including phenoxy) is 4. The summed E-state index contributed by atoms with van der Waals surface area (Å²) in [5.74, 6) is -1.78. The van der Waals surface area contributed by atoms with E-state index >= 15 is 4.39 Å². The van der Waals surface area contributed by atoms with Gasteiger partial charge in [0.25, 0.3) is 0 Å². The van der Waals surface area contributed by atoms with Gasteiger partial charge >= 0.3 is 0 Å². The second-order valence-corrected chi connectivity index (χ2v) is 11.4. The van der Waals surface area contributed by atoms with Crippen LogP contribution in [0.1, 0.15) is 20.3 Å². The van der Waals surface area contributed by atoms with Gasteiger partial charge in [-0.25, -0.2) is 8.78 Å². The van der Waals surface area contributed by atoms with E-state index in [9.17, 15) is 14.0 Å². The van der Waals surface area contributed by atoms with Crippen LogP contribution in [0.2, 0.25) is 0 Å². The minimum absolute atomic E-state index is 0.0544. The number of halogens is 2. The van der Waals surface area contributed by atoms with Crippen molar-refractivity contribution < 1.29 is 37.3 Å². The zero-order valence-corrected chi connectivity index (χ0v) is 24.4. The molecule has 0 spiro atoms. The van der Waals surface area contributed by atoms with E-state index < -0.39 is 34.8 Å². The normalized spacial score (nSPS) is 20.2. The quantitative estimate of drug-likeness (QED) is 0.230. The molecule has 2 fully saturated rings. The van der Waals surface area contributed by atoms with Crippen LogP contribution in [0.15, 0.2) is 66.9 Å². The maximum absolute atomic E-state index is 15.2. The summed E-state index contributed by atoms with van der Waals surface area (Å²) in [7, 11) is 1.53. The molecule has 1 aromatic heterocycles. The molecule has 1 aliphatic carbocycles. The number of carbonyl (C=O) groups excluding carboxylic acids is 2. The topological polar surface area (TPSA) is 108 Å². The number of pyridine rings is 1. The van der Waals surface area contributed by atoms with Gasteiger partial charge in [0.1, 0.15) is 17.7 Å². The van der Waals surface area contributed by atoms with Gasteiger partial charge < -0.3 is 29.6 Å². The third-order valence-corrected chi connectivity index (χ3v) is 8.09.